The third-order valence-electron chi connectivity index (χ3n) is 7.45. The molecule has 1 heterocycles. The summed E-state index contributed by atoms with van der Waals surface area (Å²) in [6.07, 6.45) is -1.24. The second kappa shape index (κ2) is 8.29. The number of piperidine rings is 1. The first kappa shape index (κ1) is 24.7. The molecule has 0 bridgehead atoms. The summed E-state index contributed by atoms with van der Waals surface area (Å²) in [6.45, 7) is 0.308. The molecule has 1 aliphatic heterocycles. The molecule has 0 spiro atoms. The summed E-state index contributed by atoms with van der Waals surface area (Å²) in [5.41, 5.74) is -2.10. The van der Waals surface area contributed by atoms with Gasteiger partial charge < -0.3 is 10.2 Å². The maximum Gasteiger partial charge on any atom is 0.416 e. The lowest BCUT2D eigenvalue weighted by Gasteiger charge is -2.30. The van der Waals surface area contributed by atoms with Crippen LogP contribution in [0.2, 0.25) is 0 Å². The van der Waals surface area contributed by atoms with Crippen molar-refractivity contribution in [3.63, 3.8) is 0 Å². The highest BCUT2D eigenvalue weighted by molar-refractivity contribution is 7.90. The molecular formula is C25H24F4N2O4S. The number of halogens is 4. The Morgan fingerprint density at radius 1 is 1.11 bits per heavy atom. The summed E-state index contributed by atoms with van der Waals surface area (Å²) < 4.78 is 77.5. The van der Waals surface area contributed by atoms with Crippen LogP contribution in [0.3, 0.4) is 0 Å². The summed E-state index contributed by atoms with van der Waals surface area (Å²) in [4.78, 5) is 28.3. The fraction of sp³-hybridized carbons (Fsp3) is 0.440. The number of nitrogens with one attached hydrogen (secondary N) is 1. The molecule has 6 nitrogen and oxygen atoms in total. The summed E-state index contributed by atoms with van der Waals surface area (Å²) in [5.74, 6) is -2.17. The van der Waals surface area contributed by atoms with Crippen LogP contribution in [0.1, 0.15) is 53.2 Å². The number of amides is 2. The van der Waals surface area contributed by atoms with Crippen molar-refractivity contribution in [3.8, 4) is 0 Å². The number of alkyl halides is 3. The Kier molecular flexibility index (Phi) is 5.70. The first-order valence-electron chi connectivity index (χ1n) is 11.6. The van der Waals surface area contributed by atoms with Gasteiger partial charge in [0.2, 0.25) is 5.91 Å². The highest BCUT2D eigenvalue weighted by atomic mass is 32.2. The molecular weight excluding hydrogens is 500 g/mol. The monoisotopic (exact) mass is 524 g/mol. The molecule has 3 fully saturated rings. The molecule has 36 heavy (non-hydrogen) atoms. The number of fused-ring (bicyclic) bond motifs is 1. The van der Waals surface area contributed by atoms with Crippen molar-refractivity contribution in [2.45, 2.75) is 48.3 Å². The number of rotatable bonds is 6. The van der Waals surface area contributed by atoms with Gasteiger partial charge in [-0.2, -0.15) is 13.2 Å². The fourth-order valence-electron chi connectivity index (χ4n) is 5.27. The van der Waals surface area contributed by atoms with Crippen LogP contribution in [-0.4, -0.2) is 43.5 Å². The highest BCUT2D eigenvalue weighted by Gasteiger charge is 2.68. The minimum atomic E-state index is -4.68. The van der Waals surface area contributed by atoms with Crippen molar-refractivity contribution in [1.29, 1.82) is 0 Å². The number of hydrogen-bond acceptors (Lipinski definition) is 4. The standard InChI is InChI=1S/C25H24F4N2O4S/c1-36(34,35)18-4-2-3-15(11-18)22(32)31-10-9-17-13-24(17,31)23(33)30-21(14-5-6-14)19-8-7-16(12-20(19)26)25(27,28)29/h2-4,7-8,11-12,14,17,21H,5-6,9-10,13H2,1H3,(H,30,33)/t17-,21-,24-/m1/s1. The van der Waals surface area contributed by atoms with Gasteiger partial charge in [-0.25, -0.2) is 12.8 Å². The van der Waals surface area contributed by atoms with Crippen LogP contribution in [0, 0.1) is 17.7 Å². The second-order valence-electron chi connectivity index (χ2n) is 9.89. The third kappa shape index (κ3) is 4.27. The van der Waals surface area contributed by atoms with Crippen LogP contribution >= 0.6 is 0 Å². The van der Waals surface area contributed by atoms with E-state index in [2.05, 4.69) is 5.32 Å². The molecule has 0 radical (unpaired) electrons. The minimum Gasteiger partial charge on any atom is -0.347 e. The zero-order valence-electron chi connectivity index (χ0n) is 19.3. The minimum absolute atomic E-state index is 0.00929. The molecule has 2 aliphatic carbocycles. The molecule has 1 N–H and O–H groups in total. The Morgan fingerprint density at radius 2 is 1.83 bits per heavy atom. The Balaban J connectivity index is 1.40. The van der Waals surface area contributed by atoms with Gasteiger partial charge >= 0.3 is 6.18 Å². The largest absolute Gasteiger partial charge is 0.416 e. The van der Waals surface area contributed by atoms with E-state index >= 15 is 0 Å². The molecule has 2 aromatic carbocycles. The predicted molar refractivity (Wildman–Crippen MR) is 121 cm³/mol. The topological polar surface area (TPSA) is 83.6 Å². The van der Waals surface area contributed by atoms with Crippen LogP contribution in [0.5, 0.6) is 0 Å². The number of sulfone groups is 1. The van der Waals surface area contributed by atoms with Gasteiger partial charge in [0.1, 0.15) is 11.4 Å². The first-order chi connectivity index (χ1) is 16.8. The van der Waals surface area contributed by atoms with Crippen LogP contribution in [0.25, 0.3) is 0 Å². The third-order valence-corrected chi connectivity index (χ3v) is 8.56. The maximum atomic E-state index is 14.7. The van der Waals surface area contributed by atoms with Gasteiger partial charge in [0.25, 0.3) is 5.91 Å². The van der Waals surface area contributed by atoms with Crippen molar-refractivity contribution in [3.05, 3.63) is 65.0 Å². The lowest BCUT2D eigenvalue weighted by Crippen LogP contribution is -2.51. The number of hydrogen-bond donors (Lipinski definition) is 1. The van der Waals surface area contributed by atoms with Gasteiger partial charge in [-0.05, 0) is 67.9 Å². The summed E-state index contributed by atoms with van der Waals surface area (Å²) in [6, 6.07) is 7.13. The Hall–Kier alpha value is -2.95. The molecule has 0 aromatic heterocycles. The average molecular weight is 525 g/mol. The molecule has 2 aromatic rings. The van der Waals surface area contributed by atoms with Gasteiger partial charge in [0, 0.05) is 23.9 Å². The predicted octanol–water partition coefficient (Wildman–Crippen LogP) is 4.12. The van der Waals surface area contributed by atoms with Crippen LogP contribution < -0.4 is 5.32 Å². The van der Waals surface area contributed by atoms with Crippen molar-refractivity contribution in [2.75, 3.05) is 12.8 Å². The molecule has 3 atom stereocenters. The lowest BCUT2D eigenvalue weighted by atomic mass is 9.98. The van der Waals surface area contributed by atoms with E-state index in [4.69, 9.17) is 0 Å². The van der Waals surface area contributed by atoms with E-state index in [9.17, 15) is 35.6 Å². The van der Waals surface area contributed by atoms with E-state index in [0.717, 1.165) is 18.4 Å². The van der Waals surface area contributed by atoms with E-state index < -0.39 is 50.8 Å². The van der Waals surface area contributed by atoms with E-state index in [1.54, 1.807) is 0 Å². The zero-order chi connectivity index (χ0) is 26.0. The van der Waals surface area contributed by atoms with E-state index in [1.807, 2.05) is 0 Å². The van der Waals surface area contributed by atoms with Gasteiger partial charge in [-0.3, -0.25) is 9.59 Å². The SMILES string of the molecule is CS(=O)(=O)c1cccc(C(=O)N2CC[C@@H]3C[C@]32C(=O)N[C@@H](c2ccc(C(F)(F)F)cc2F)C2CC2)c1. The molecule has 192 valence electrons. The van der Waals surface area contributed by atoms with Crippen LogP contribution in [0.15, 0.2) is 47.4 Å². The van der Waals surface area contributed by atoms with E-state index in [-0.39, 0.29) is 27.9 Å². The number of benzene rings is 2. The molecule has 2 saturated carbocycles. The maximum absolute atomic E-state index is 14.7. The van der Waals surface area contributed by atoms with Crippen molar-refractivity contribution in [1.82, 2.24) is 10.2 Å². The molecule has 0 unspecified atom stereocenters. The lowest BCUT2D eigenvalue weighted by molar-refractivity contribution is -0.137. The van der Waals surface area contributed by atoms with Crippen LogP contribution in [0.4, 0.5) is 17.6 Å². The summed E-state index contributed by atoms with van der Waals surface area (Å²) >= 11 is 0. The number of carbonyl (C=O) groups is 2. The van der Waals surface area contributed by atoms with E-state index in [0.29, 0.717) is 38.3 Å². The number of likely N-dealkylation sites (tertiary alicyclic amines) is 1. The van der Waals surface area contributed by atoms with Crippen molar-refractivity contribution >= 4 is 21.7 Å². The Bertz CT molecular complexity index is 1360. The zero-order valence-corrected chi connectivity index (χ0v) is 20.1. The first-order valence-corrected chi connectivity index (χ1v) is 13.5. The number of carbonyl (C=O) groups excluding carboxylic acids is 2. The highest BCUT2D eigenvalue weighted by Crippen LogP contribution is 2.57. The van der Waals surface area contributed by atoms with Crippen molar-refractivity contribution in [2.24, 2.45) is 11.8 Å². The molecule has 3 aliphatic rings. The summed E-state index contributed by atoms with van der Waals surface area (Å²) in [5, 5.41) is 2.84. The molecule has 11 heteroatoms. The van der Waals surface area contributed by atoms with Crippen molar-refractivity contribution < 1.29 is 35.6 Å². The summed E-state index contributed by atoms with van der Waals surface area (Å²) in [7, 11) is -3.54. The molecule has 1 saturated heterocycles. The van der Waals surface area contributed by atoms with Gasteiger partial charge in [0.05, 0.1) is 16.5 Å². The average Bonchev–Trinajstić information content (AvgIpc) is 3.73. The smallest absolute Gasteiger partial charge is 0.347 e. The Labute approximate surface area is 205 Å². The fourth-order valence-corrected chi connectivity index (χ4v) is 5.94. The molecule has 2 amide bonds. The quantitative estimate of drug-likeness (QED) is 0.577. The van der Waals surface area contributed by atoms with Gasteiger partial charge in [-0.15, -0.1) is 0 Å². The Morgan fingerprint density at radius 3 is 2.42 bits per heavy atom. The molecule has 5 rings (SSSR count). The van der Waals surface area contributed by atoms with Gasteiger partial charge in [-0.1, -0.05) is 12.1 Å². The second-order valence-corrected chi connectivity index (χ2v) is 11.9. The normalized spacial score (nSPS) is 24.2. The van der Waals surface area contributed by atoms with Crippen LogP contribution in [-0.2, 0) is 20.8 Å². The van der Waals surface area contributed by atoms with E-state index in [1.165, 1.54) is 29.2 Å². The van der Waals surface area contributed by atoms with Gasteiger partial charge in [0.15, 0.2) is 9.84 Å². The number of nitrogens with zero attached hydrogens (tertiary/aromatic N) is 1.